The Labute approximate surface area is 133 Å². The minimum atomic E-state index is -0.524. The average molecular weight is 320 g/mol. The molecule has 1 aliphatic heterocycles. The molecule has 1 saturated heterocycles. The number of hydrogen-bond donors (Lipinski definition) is 1. The monoisotopic (exact) mass is 320 g/mol. The lowest BCUT2D eigenvalue weighted by Gasteiger charge is -2.27. The number of carbonyl (C=O) groups is 2. The summed E-state index contributed by atoms with van der Waals surface area (Å²) in [7, 11) is 3.01. The Morgan fingerprint density at radius 2 is 2.00 bits per heavy atom. The molecule has 7 heteroatoms. The standard InChI is InChI=1S/C15H16N2O4S/c1-4-17-14(19)10(13(18)16-15(17)22)8-9-6-5-7-11(20-2)12(9)21-3/h5-8H,4H2,1-3H3,(H,16,18,22)/b10-8-. The predicted molar refractivity (Wildman–Crippen MR) is 85.7 cm³/mol. The Bertz CT molecular complexity index is 670. The maximum absolute atomic E-state index is 12.4. The van der Waals surface area contributed by atoms with Gasteiger partial charge < -0.3 is 9.47 Å². The molecular weight excluding hydrogens is 304 g/mol. The second-order valence-corrected chi connectivity index (χ2v) is 4.84. The largest absolute Gasteiger partial charge is 0.493 e. The van der Waals surface area contributed by atoms with Crippen LogP contribution in [0.3, 0.4) is 0 Å². The number of nitrogens with zero attached hydrogens (tertiary/aromatic N) is 1. The van der Waals surface area contributed by atoms with Crippen LogP contribution in [0.15, 0.2) is 23.8 Å². The van der Waals surface area contributed by atoms with E-state index in [-0.39, 0.29) is 10.7 Å². The van der Waals surface area contributed by atoms with Gasteiger partial charge in [0, 0.05) is 12.1 Å². The van der Waals surface area contributed by atoms with E-state index >= 15 is 0 Å². The highest BCUT2D eigenvalue weighted by Gasteiger charge is 2.32. The number of rotatable bonds is 4. The molecule has 1 heterocycles. The predicted octanol–water partition coefficient (Wildman–Crippen LogP) is 1.35. The Kier molecular flexibility index (Phi) is 4.77. The highest BCUT2D eigenvalue weighted by Crippen LogP contribution is 2.32. The molecule has 2 rings (SSSR count). The Morgan fingerprint density at radius 1 is 1.27 bits per heavy atom. The van der Waals surface area contributed by atoms with Gasteiger partial charge in [0.1, 0.15) is 5.57 Å². The van der Waals surface area contributed by atoms with Gasteiger partial charge in [0.2, 0.25) is 0 Å². The number of carbonyl (C=O) groups excluding carboxylic acids is 2. The van der Waals surface area contributed by atoms with Gasteiger partial charge in [0.25, 0.3) is 11.8 Å². The van der Waals surface area contributed by atoms with E-state index in [0.29, 0.717) is 23.6 Å². The summed E-state index contributed by atoms with van der Waals surface area (Å²) < 4.78 is 10.5. The molecule has 0 saturated carbocycles. The fourth-order valence-electron chi connectivity index (χ4n) is 2.16. The lowest BCUT2D eigenvalue weighted by Crippen LogP contribution is -2.53. The zero-order chi connectivity index (χ0) is 16.3. The van der Waals surface area contributed by atoms with Crippen LogP contribution in [0.1, 0.15) is 12.5 Å². The molecule has 0 bridgehead atoms. The van der Waals surface area contributed by atoms with Crippen molar-refractivity contribution in [2.24, 2.45) is 0 Å². The Balaban J connectivity index is 2.50. The summed E-state index contributed by atoms with van der Waals surface area (Å²) in [5.74, 6) is 0.0170. The summed E-state index contributed by atoms with van der Waals surface area (Å²) in [6.45, 7) is 2.16. The van der Waals surface area contributed by atoms with E-state index in [1.807, 2.05) is 0 Å². The van der Waals surface area contributed by atoms with E-state index < -0.39 is 11.8 Å². The summed E-state index contributed by atoms with van der Waals surface area (Å²) in [4.78, 5) is 25.8. The summed E-state index contributed by atoms with van der Waals surface area (Å²) >= 11 is 4.99. The first kappa shape index (κ1) is 16.0. The average Bonchev–Trinajstić information content (AvgIpc) is 2.51. The van der Waals surface area contributed by atoms with Crippen LogP contribution in [-0.4, -0.2) is 42.6 Å². The van der Waals surface area contributed by atoms with Crippen LogP contribution < -0.4 is 14.8 Å². The van der Waals surface area contributed by atoms with Gasteiger partial charge in [0.15, 0.2) is 16.6 Å². The van der Waals surface area contributed by atoms with Crippen LogP contribution in [0.4, 0.5) is 0 Å². The SMILES string of the molecule is CCN1C(=O)/C(=C\c2cccc(OC)c2OC)C(=O)NC1=S. The summed E-state index contributed by atoms with van der Waals surface area (Å²) in [6, 6.07) is 5.22. The summed E-state index contributed by atoms with van der Waals surface area (Å²) in [5.41, 5.74) is 0.575. The van der Waals surface area contributed by atoms with Crippen molar-refractivity contribution in [2.75, 3.05) is 20.8 Å². The molecule has 1 aromatic carbocycles. The Hall–Kier alpha value is -2.41. The second kappa shape index (κ2) is 6.57. The van der Waals surface area contributed by atoms with Crippen molar-refractivity contribution < 1.29 is 19.1 Å². The minimum Gasteiger partial charge on any atom is -0.493 e. The highest BCUT2D eigenvalue weighted by molar-refractivity contribution is 7.80. The van der Waals surface area contributed by atoms with E-state index in [4.69, 9.17) is 21.7 Å². The van der Waals surface area contributed by atoms with E-state index in [1.54, 1.807) is 25.1 Å². The molecule has 22 heavy (non-hydrogen) atoms. The van der Waals surface area contributed by atoms with Crippen molar-refractivity contribution in [3.63, 3.8) is 0 Å². The molecule has 1 aliphatic rings. The van der Waals surface area contributed by atoms with Crippen LogP contribution in [0.5, 0.6) is 11.5 Å². The number of hydrogen-bond acceptors (Lipinski definition) is 5. The van der Waals surface area contributed by atoms with E-state index in [9.17, 15) is 9.59 Å². The lowest BCUT2D eigenvalue weighted by molar-refractivity contribution is -0.128. The van der Waals surface area contributed by atoms with Gasteiger partial charge in [-0.15, -0.1) is 0 Å². The number of thiocarbonyl (C=S) groups is 1. The number of methoxy groups -OCH3 is 2. The third-order valence-electron chi connectivity index (χ3n) is 3.24. The maximum Gasteiger partial charge on any atom is 0.265 e. The zero-order valence-electron chi connectivity index (χ0n) is 12.5. The molecule has 0 radical (unpaired) electrons. The number of benzene rings is 1. The van der Waals surface area contributed by atoms with Crippen molar-refractivity contribution in [2.45, 2.75) is 6.92 Å². The molecule has 1 aromatic rings. The van der Waals surface area contributed by atoms with Gasteiger partial charge in [0.05, 0.1) is 14.2 Å². The number of para-hydroxylation sites is 1. The second-order valence-electron chi connectivity index (χ2n) is 4.45. The normalized spacial score (nSPS) is 16.8. The smallest absolute Gasteiger partial charge is 0.265 e. The maximum atomic E-state index is 12.4. The van der Waals surface area contributed by atoms with E-state index in [1.165, 1.54) is 25.2 Å². The molecule has 2 amide bonds. The quantitative estimate of drug-likeness (QED) is 0.515. The zero-order valence-corrected chi connectivity index (χ0v) is 13.3. The molecule has 0 aromatic heterocycles. The van der Waals surface area contributed by atoms with Crippen LogP contribution in [-0.2, 0) is 9.59 Å². The first-order chi connectivity index (χ1) is 10.5. The van der Waals surface area contributed by atoms with Gasteiger partial charge in [-0.2, -0.15) is 0 Å². The van der Waals surface area contributed by atoms with E-state index in [0.717, 1.165) is 0 Å². The summed E-state index contributed by atoms with van der Waals surface area (Å²) in [6.07, 6.45) is 1.48. The first-order valence-electron chi connectivity index (χ1n) is 6.63. The molecule has 116 valence electrons. The molecule has 1 N–H and O–H groups in total. The van der Waals surface area contributed by atoms with Gasteiger partial charge in [-0.05, 0) is 31.3 Å². The molecule has 0 aliphatic carbocycles. The number of amides is 2. The van der Waals surface area contributed by atoms with Crippen molar-refractivity contribution in [3.8, 4) is 11.5 Å². The molecule has 1 fully saturated rings. The molecule has 0 atom stereocenters. The molecule has 0 spiro atoms. The van der Waals surface area contributed by atoms with E-state index in [2.05, 4.69) is 5.32 Å². The highest BCUT2D eigenvalue weighted by atomic mass is 32.1. The third kappa shape index (κ3) is 2.80. The van der Waals surface area contributed by atoms with Gasteiger partial charge >= 0.3 is 0 Å². The lowest BCUT2D eigenvalue weighted by atomic mass is 10.1. The van der Waals surface area contributed by atoms with Gasteiger partial charge in [-0.1, -0.05) is 12.1 Å². The van der Waals surface area contributed by atoms with Crippen molar-refractivity contribution in [1.29, 1.82) is 0 Å². The van der Waals surface area contributed by atoms with Crippen molar-refractivity contribution in [3.05, 3.63) is 29.3 Å². The fourth-order valence-corrected chi connectivity index (χ4v) is 2.47. The minimum absolute atomic E-state index is 0.00185. The Morgan fingerprint density at radius 3 is 2.59 bits per heavy atom. The summed E-state index contributed by atoms with van der Waals surface area (Å²) in [5, 5.41) is 2.62. The number of ether oxygens (including phenoxy) is 2. The molecular formula is C15H16N2O4S. The van der Waals surface area contributed by atoms with Crippen LogP contribution in [0, 0.1) is 0 Å². The van der Waals surface area contributed by atoms with Crippen LogP contribution >= 0.6 is 12.2 Å². The van der Waals surface area contributed by atoms with Crippen molar-refractivity contribution >= 4 is 35.2 Å². The van der Waals surface area contributed by atoms with Crippen molar-refractivity contribution in [1.82, 2.24) is 10.2 Å². The third-order valence-corrected chi connectivity index (χ3v) is 3.56. The number of nitrogens with one attached hydrogen (secondary N) is 1. The number of likely N-dealkylation sites (N-methyl/N-ethyl adjacent to an activating group) is 1. The molecule has 0 unspecified atom stereocenters. The van der Waals surface area contributed by atoms with Gasteiger partial charge in [-0.3, -0.25) is 19.8 Å². The van der Waals surface area contributed by atoms with Crippen LogP contribution in [0.25, 0.3) is 6.08 Å². The first-order valence-corrected chi connectivity index (χ1v) is 7.04. The topological polar surface area (TPSA) is 67.9 Å². The van der Waals surface area contributed by atoms with Crippen LogP contribution in [0.2, 0.25) is 0 Å². The molecule has 6 nitrogen and oxygen atoms in total. The fraction of sp³-hybridized carbons (Fsp3) is 0.267. The van der Waals surface area contributed by atoms with Gasteiger partial charge in [-0.25, -0.2) is 0 Å².